The van der Waals surface area contributed by atoms with Gasteiger partial charge in [-0.05, 0) is 30.4 Å². The van der Waals surface area contributed by atoms with Crippen LogP contribution in [0, 0.1) is 17.3 Å². The first-order chi connectivity index (χ1) is 9.64. The molecule has 4 nitrogen and oxygen atoms in total. The number of aromatic nitrogens is 1. The van der Waals surface area contributed by atoms with Crippen LogP contribution in [0.4, 0.5) is 0 Å². The molecule has 1 heterocycles. The standard InChI is InChI=1S/C16H20N2O2/c1-16(8-5-9-16)12-18-15(20)14-13(6-2-3-11-19)7-4-10-17-14/h4,7,10,19H,3,5,8-9,11-12H2,1H3,(H,18,20). The lowest BCUT2D eigenvalue weighted by atomic mass is 9.70. The van der Waals surface area contributed by atoms with Gasteiger partial charge in [0.05, 0.1) is 12.2 Å². The monoisotopic (exact) mass is 272 g/mol. The molecule has 1 aromatic rings. The lowest BCUT2D eigenvalue weighted by Gasteiger charge is -2.38. The van der Waals surface area contributed by atoms with Gasteiger partial charge in [-0.2, -0.15) is 0 Å². The van der Waals surface area contributed by atoms with Crippen LogP contribution in [0.3, 0.4) is 0 Å². The molecule has 1 aliphatic carbocycles. The van der Waals surface area contributed by atoms with Crippen LogP contribution >= 0.6 is 0 Å². The first kappa shape index (κ1) is 14.5. The number of nitrogens with one attached hydrogen (secondary N) is 1. The highest BCUT2D eigenvalue weighted by Gasteiger charge is 2.32. The van der Waals surface area contributed by atoms with Gasteiger partial charge in [-0.3, -0.25) is 4.79 Å². The Bertz CT molecular complexity index is 539. The number of amides is 1. The number of carbonyl (C=O) groups is 1. The van der Waals surface area contributed by atoms with Crippen LogP contribution < -0.4 is 5.32 Å². The van der Waals surface area contributed by atoms with Crippen LogP contribution in [0.25, 0.3) is 0 Å². The van der Waals surface area contributed by atoms with E-state index in [0.717, 1.165) is 0 Å². The number of hydrogen-bond donors (Lipinski definition) is 2. The Morgan fingerprint density at radius 1 is 1.55 bits per heavy atom. The summed E-state index contributed by atoms with van der Waals surface area (Å²) in [4.78, 5) is 16.3. The van der Waals surface area contributed by atoms with Crippen molar-refractivity contribution >= 4 is 5.91 Å². The van der Waals surface area contributed by atoms with E-state index in [1.165, 1.54) is 19.3 Å². The van der Waals surface area contributed by atoms with Crippen molar-refractivity contribution < 1.29 is 9.90 Å². The Morgan fingerprint density at radius 2 is 2.35 bits per heavy atom. The van der Waals surface area contributed by atoms with Crippen LogP contribution in [-0.4, -0.2) is 29.1 Å². The van der Waals surface area contributed by atoms with Crippen molar-refractivity contribution in [1.82, 2.24) is 10.3 Å². The third-order valence-corrected chi connectivity index (χ3v) is 3.72. The van der Waals surface area contributed by atoms with Crippen LogP contribution in [0.1, 0.15) is 48.7 Å². The van der Waals surface area contributed by atoms with Crippen molar-refractivity contribution in [3.8, 4) is 11.8 Å². The molecule has 1 fully saturated rings. The zero-order valence-corrected chi connectivity index (χ0v) is 11.8. The Labute approximate surface area is 119 Å². The first-order valence-electron chi connectivity index (χ1n) is 6.98. The second-order valence-electron chi connectivity index (χ2n) is 5.52. The van der Waals surface area contributed by atoms with Crippen molar-refractivity contribution in [2.45, 2.75) is 32.6 Å². The Kier molecular flexibility index (Phi) is 4.75. The molecule has 1 aromatic heterocycles. The van der Waals surface area contributed by atoms with E-state index in [9.17, 15) is 4.79 Å². The van der Waals surface area contributed by atoms with Gasteiger partial charge in [0.2, 0.25) is 0 Å². The molecule has 2 rings (SSSR count). The van der Waals surface area contributed by atoms with Crippen molar-refractivity contribution in [2.75, 3.05) is 13.2 Å². The average Bonchev–Trinajstić information content (AvgIpc) is 2.43. The molecule has 1 saturated carbocycles. The summed E-state index contributed by atoms with van der Waals surface area (Å²) in [6, 6.07) is 3.53. The minimum atomic E-state index is -0.174. The number of carbonyl (C=O) groups excluding carboxylic acids is 1. The number of aliphatic hydroxyl groups excluding tert-OH is 1. The van der Waals surface area contributed by atoms with E-state index in [1.807, 2.05) is 0 Å². The Balaban J connectivity index is 2.03. The van der Waals surface area contributed by atoms with Crippen LogP contribution in [0.5, 0.6) is 0 Å². The average molecular weight is 272 g/mol. The fraction of sp³-hybridized carbons (Fsp3) is 0.500. The first-order valence-corrected chi connectivity index (χ1v) is 6.98. The van der Waals surface area contributed by atoms with Gasteiger partial charge in [0.25, 0.3) is 5.91 Å². The predicted octanol–water partition coefficient (Wildman–Crippen LogP) is 1.74. The third kappa shape index (κ3) is 3.58. The maximum atomic E-state index is 12.2. The summed E-state index contributed by atoms with van der Waals surface area (Å²) >= 11 is 0. The zero-order valence-electron chi connectivity index (χ0n) is 11.8. The predicted molar refractivity (Wildman–Crippen MR) is 77.1 cm³/mol. The number of aliphatic hydroxyl groups is 1. The molecule has 106 valence electrons. The van der Waals surface area contributed by atoms with E-state index >= 15 is 0 Å². The fourth-order valence-electron chi connectivity index (χ4n) is 2.24. The summed E-state index contributed by atoms with van der Waals surface area (Å²) < 4.78 is 0. The van der Waals surface area contributed by atoms with Crippen molar-refractivity contribution in [3.05, 3.63) is 29.6 Å². The molecule has 0 unspecified atom stereocenters. The van der Waals surface area contributed by atoms with E-state index in [0.29, 0.717) is 24.2 Å². The molecular weight excluding hydrogens is 252 g/mol. The van der Waals surface area contributed by atoms with E-state index in [1.54, 1.807) is 18.3 Å². The molecule has 20 heavy (non-hydrogen) atoms. The maximum Gasteiger partial charge on any atom is 0.271 e. The topological polar surface area (TPSA) is 62.2 Å². The second-order valence-corrected chi connectivity index (χ2v) is 5.52. The van der Waals surface area contributed by atoms with Gasteiger partial charge in [0, 0.05) is 19.2 Å². The molecular formula is C16H20N2O2. The molecule has 0 saturated heterocycles. The van der Waals surface area contributed by atoms with Gasteiger partial charge in [-0.25, -0.2) is 4.98 Å². The summed E-state index contributed by atoms with van der Waals surface area (Å²) in [6.45, 7) is 2.90. The molecule has 0 aromatic carbocycles. The van der Waals surface area contributed by atoms with Crippen molar-refractivity contribution in [3.63, 3.8) is 0 Å². The molecule has 0 spiro atoms. The lowest BCUT2D eigenvalue weighted by Crippen LogP contribution is -2.40. The van der Waals surface area contributed by atoms with Crippen LogP contribution in [-0.2, 0) is 0 Å². The van der Waals surface area contributed by atoms with Gasteiger partial charge in [-0.15, -0.1) is 0 Å². The number of nitrogens with zero attached hydrogens (tertiary/aromatic N) is 1. The van der Waals surface area contributed by atoms with Gasteiger partial charge in [0.1, 0.15) is 5.69 Å². The molecule has 0 bridgehead atoms. The van der Waals surface area contributed by atoms with Crippen LogP contribution in [0.2, 0.25) is 0 Å². The van der Waals surface area contributed by atoms with E-state index in [4.69, 9.17) is 5.11 Å². The van der Waals surface area contributed by atoms with E-state index in [-0.39, 0.29) is 17.9 Å². The quantitative estimate of drug-likeness (QED) is 0.821. The highest BCUT2D eigenvalue weighted by molar-refractivity contribution is 5.94. The van der Waals surface area contributed by atoms with Gasteiger partial charge in [0.15, 0.2) is 0 Å². The van der Waals surface area contributed by atoms with E-state index < -0.39 is 0 Å². The van der Waals surface area contributed by atoms with Gasteiger partial charge in [-0.1, -0.05) is 25.2 Å². The van der Waals surface area contributed by atoms with Crippen LogP contribution in [0.15, 0.2) is 18.3 Å². The van der Waals surface area contributed by atoms with Crippen molar-refractivity contribution in [1.29, 1.82) is 0 Å². The zero-order chi connectivity index (χ0) is 14.4. The molecule has 2 N–H and O–H groups in total. The fourth-order valence-corrected chi connectivity index (χ4v) is 2.24. The minimum absolute atomic E-state index is 0.0210. The summed E-state index contributed by atoms with van der Waals surface area (Å²) in [5, 5.41) is 11.7. The summed E-state index contributed by atoms with van der Waals surface area (Å²) in [7, 11) is 0. The number of hydrogen-bond acceptors (Lipinski definition) is 3. The summed E-state index contributed by atoms with van der Waals surface area (Å²) in [5.41, 5.74) is 1.21. The maximum absolute atomic E-state index is 12.2. The Hall–Kier alpha value is -1.86. The molecule has 0 aliphatic heterocycles. The summed E-state index contributed by atoms with van der Waals surface area (Å²) in [5.74, 6) is 5.53. The van der Waals surface area contributed by atoms with E-state index in [2.05, 4.69) is 29.1 Å². The smallest absolute Gasteiger partial charge is 0.271 e. The third-order valence-electron chi connectivity index (χ3n) is 3.72. The molecule has 4 heteroatoms. The highest BCUT2D eigenvalue weighted by Crippen LogP contribution is 2.39. The second kappa shape index (κ2) is 6.53. The Morgan fingerprint density at radius 3 is 3.00 bits per heavy atom. The highest BCUT2D eigenvalue weighted by atomic mass is 16.2. The number of rotatable bonds is 4. The van der Waals surface area contributed by atoms with Gasteiger partial charge < -0.3 is 10.4 Å². The molecule has 1 amide bonds. The molecule has 0 radical (unpaired) electrons. The summed E-state index contributed by atoms with van der Waals surface area (Å²) in [6.07, 6.45) is 5.57. The normalized spacial score (nSPS) is 15.7. The lowest BCUT2D eigenvalue weighted by molar-refractivity contribution is 0.0885. The SMILES string of the molecule is CC1(CNC(=O)c2ncccc2C#CCCO)CCC1. The molecule has 0 atom stereocenters. The van der Waals surface area contributed by atoms with Crippen molar-refractivity contribution in [2.24, 2.45) is 5.41 Å². The van der Waals surface area contributed by atoms with Gasteiger partial charge >= 0.3 is 0 Å². The molecule has 1 aliphatic rings. The largest absolute Gasteiger partial charge is 0.395 e. The number of pyridine rings is 1. The minimum Gasteiger partial charge on any atom is -0.395 e.